The topological polar surface area (TPSA) is 39.6 Å². The van der Waals surface area contributed by atoms with Crippen LogP contribution in [-0.2, 0) is 0 Å². The van der Waals surface area contributed by atoms with Crippen LogP contribution in [0.15, 0.2) is 48.5 Å². The van der Waals surface area contributed by atoms with Crippen molar-refractivity contribution in [1.82, 2.24) is 9.80 Å². The molecule has 154 valence electrons. The number of benzene rings is 2. The SMILES string of the molecule is Cc1cccc(C)c1OCCCN1CCN(C(=N)c2ccccc2)CC1.Cl.Cl. The molecule has 1 aliphatic heterocycles. The van der Waals surface area contributed by atoms with E-state index in [0.29, 0.717) is 5.84 Å². The summed E-state index contributed by atoms with van der Waals surface area (Å²) in [5.41, 5.74) is 3.42. The van der Waals surface area contributed by atoms with Crippen LogP contribution in [0.5, 0.6) is 5.75 Å². The lowest BCUT2D eigenvalue weighted by Crippen LogP contribution is -2.49. The van der Waals surface area contributed by atoms with Crippen LogP contribution in [0, 0.1) is 19.3 Å². The largest absolute Gasteiger partial charge is 0.493 e. The normalized spacial score (nSPS) is 14.0. The minimum Gasteiger partial charge on any atom is -0.493 e. The van der Waals surface area contributed by atoms with Crippen LogP contribution < -0.4 is 4.74 Å². The summed E-state index contributed by atoms with van der Waals surface area (Å²) in [5.74, 6) is 1.68. The number of halogens is 2. The summed E-state index contributed by atoms with van der Waals surface area (Å²) in [4.78, 5) is 4.65. The molecule has 1 N–H and O–H groups in total. The average Bonchev–Trinajstić information content (AvgIpc) is 2.68. The fourth-order valence-electron chi connectivity index (χ4n) is 3.46. The second-order valence-corrected chi connectivity index (χ2v) is 6.97. The minimum atomic E-state index is 0. The molecule has 2 aromatic carbocycles. The third-order valence-electron chi connectivity index (χ3n) is 5.01. The third-order valence-corrected chi connectivity index (χ3v) is 5.01. The first-order valence-corrected chi connectivity index (χ1v) is 9.45. The average molecular weight is 424 g/mol. The summed E-state index contributed by atoms with van der Waals surface area (Å²) in [7, 11) is 0. The first-order chi connectivity index (χ1) is 12.6. The molecule has 2 aromatic rings. The highest BCUT2D eigenvalue weighted by molar-refractivity contribution is 5.96. The highest BCUT2D eigenvalue weighted by Crippen LogP contribution is 2.22. The molecule has 28 heavy (non-hydrogen) atoms. The van der Waals surface area contributed by atoms with E-state index < -0.39 is 0 Å². The number of hydrogen-bond acceptors (Lipinski definition) is 3. The van der Waals surface area contributed by atoms with Gasteiger partial charge in [-0.1, -0.05) is 48.5 Å². The minimum absolute atomic E-state index is 0. The lowest BCUT2D eigenvalue weighted by molar-refractivity contribution is 0.169. The van der Waals surface area contributed by atoms with Crippen molar-refractivity contribution in [3.63, 3.8) is 0 Å². The molecule has 0 unspecified atom stereocenters. The van der Waals surface area contributed by atoms with E-state index in [1.807, 2.05) is 30.3 Å². The Balaban J connectivity index is 0.00000196. The number of piperazine rings is 1. The van der Waals surface area contributed by atoms with E-state index in [-0.39, 0.29) is 24.8 Å². The number of para-hydroxylation sites is 1. The van der Waals surface area contributed by atoms with E-state index in [1.165, 1.54) is 11.1 Å². The van der Waals surface area contributed by atoms with Crippen molar-refractivity contribution in [2.75, 3.05) is 39.3 Å². The molecule has 1 fully saturated rings. The zero-order chi connectivity index (χ0) is 18.4. The van der Waals surface area contributed by atoms with Gasteiger partial charge in [0.05, 0.1) is 6.61 Å². The summed E-state index contributed by atoms with van der Waals surface area (Å²) < 4.78 is 6.00. The Morgan fingerprint density at radius 2 is 1.50 bits per heavy atom. The maximum atomic E-state index is 8.38. The van der Waals surface area contributed by atoms with Crippen molar-refractivity contribution in [2.24, 2.45) is 0 Å². The molecule has 0 spiro atoms. The van der Waals surface area contributed by atoms with Gasteiger partial charge in [0.25, 0.3) is 0 Å². The molecule has 6 heteroatoms. The van der Waals surface area contributed by atoms with E-state index in [9.17, 15) is 0 Å². The highest BCUT2D eigenvalue weighted by atomic mass is 35.5. The van der Waals surface area contributed by atoms with Gasteiger partial charge in [-0.15, -0.1) is 24.8 Å². The summed E-state index contributed by atoms with van der Waals surface area (Å²) in [6.07, 6.45) is 1.03. The third kappa shape index (κ3) is 6.40. The van der Waals surface area contributed by atoms with Crippen LogP contribution in [0.1, 0.15) is 23.1 Å². The van der Waals surface area contributed by atoms with Gasteiger partial charge in [0.15, 0.2) is 0 Å². The van der Waals surface area contributed by atoms with Gasteiger partial charge in [0.2, 0.25) is 0 Å². The fraction of sp³-hybridized carbons (Fsp3) is 0.409. The second-order valence-electron chi connectivity index (χ2n) is 6.97. The van der Waals surface area contributed by atoms with Gasteiger partial charge in [-0.25, -0.2) is 0 Å². The molecular formula is C22H31Cl2N3O. The van der Waals surface area contributed by atoms with Gasteiger partial charge in [-0.2, -0.15) is 0 Å². The molecule has 0 amide bonds. The van der Waals surface area contributed by atoms with E-state index in [4.69, 9.17) is 10.1 Å². The number of rotatable bonds is 6. The molecule has 0 radical (unpaired) electrons. The predicted molar refractivity (Wildman–Crippen MR) is 122 cm³/mol. The van der Waals surface area contributed by atoms with E-state index in [0.717, 1.165) is 57.1 Å². The van der Waals surface area contributed by atoms with Crippen LogP contribution in [0.4, 0.5) is 0 Å². The second kappa shape index (κ2) is 11.9. The van der Waals surface area contributed by atoms with Gasteiger partial charge in [0.1, 0.15) is 11.6 Å². The molecule has 1 saturated heterocycles. The highest BCUT2D eigenvalue weighted by Gasteiger charge is 2.19. The quantitative estimate of drug-likeness (QED) is 0.420. The molecule has 0 saturated carbocycles. The molecule has 1 heterocycles. The van der Waals surface area contributed by atoms with Crippen LogP contribution in [-0.4, -0.2) is 55.0 Å². The first kappa shape index (κ1) is 24.3. The van der Waals surface area contributed by atoms with Gasteiger partial charge in [0, 0.05) is 38.3 Å². The molecule has 1 aliphatic rings. The molecule has 0 aromatic heterocycles. The monoisotopic (exact) mass is 423 g/mol. The Bertz CT molecular complexity index is 712. The Kier molecular flexibility index (Phi) is 10.4. The summed E-state index contributed by atoms with van der Waals surface area (Å²) in [6.45, 7) is 9.88. The van der Waals surface area contributed by atoms with Crippen molar-refractivity contribution < 1.29 is 4.74 Å². The standard InChI is InChI=1S/C22H29N3O.2ClH/c1-18-8-6-9-19(2)21(18)26-17-7-12-24-13-15-25(16-14-24)22(23)20-10-4-3-5-11-20;;/h3-6,8-11,23H,7,12-17H2,1-2H3;2*1H. The molecular weight excluding hydrogens is 393 g/mol. The van der Waals surface area contributed by atoms with Crippen LogP contribution in [0.2, 0.25) is 0 Å². The van der Waals surface area contributed by atoms with Crippen molar-refractivity contribution in [3.8, 4) is 5.75 Å². The van der Waals surface area contributed by atoms with Gasteiger partial charge in [-0.3, -0.25) is 10.3 Å². The number of ether oxygens (including phenoxy) is 1. The zero-order valence-electron chi connectivity index (χ0n) is 16.7. The number of aryl methyl sites for hydroxylation is 2. The first-order valence-electron chi connectivity index (χ1n) is 9.45. The van der Waals surface area contributed by atoms with Crippen LogP contribution in [0.25, 0.3) is 0 Å². The molecule has 0 atom stereocenters. The fourth-order valence-corrected chi connectivity index (χ4v) is 3.46. The number of hydrogen-bond donors (Lipinski definition) is 1. The van der Waals surface area contributed by atoms with Gasteiger partial charge >= 0.3 is 0 Å². The van der Waals surface area contributed by atoms with Gasteiger partial charge < -0.3 is 9.64 Å². The molecule has 3 rings (SSSR count). The predicted octanol–water partition coefficient (Wildman–Crippen LogP) is 4.56. The van der Waals surface area contributed by atoms with Crippen molar-refractivity contribution in [2.45, 2.75) is 20.3 Å². The summed E-state index contributed by atoms with van der Waals surface area (Å²) >= 11 is 0. The maximum absolute atomic E-state index is 8.38. The Labute approximate surface area is 181 Å². The Hall–Kier alpha value is -1.75. The number of nitrogens with one attached hydrogen (secondary N) is 1. The van der Waals surface area contributed by atoms with E-state index >= 15 is 0 Å². The maximum Gasteiger partial charge on any atom is 0.128 e. The number of amidine groups is 1. The molecule has 0 bridgehead atoms. The summed E-state index contributed by atoms with van der Waals surface area (Å²) in [5, 5.41) is 8.38. The van der Waals surface area contributed by atoms with Crippen LogP contribution in [0.3, 0.4) is 0 Å². The zero-order valence-corrected chi connectivity index (χ0v) is 18.3. The van der Waals surface area contributed by atoms with Crippen molar-refractivity contribution in [1.29, 1.82) is 5.41 Å². The van der Waals surface area contributed by atoms with E-state index in [2.05, 4.69) is 41.8 Å². The van der Waals surface area contributed by atoms with Crippen molar-refractivity contribution in [3.05, 3.63) is 65.2 Å². The van der Waals surface area contributed by atoms with Gasteiger partial charge in [-0.05, 0) is 31.4 Å². The lowest BCUT2D eigenvalue weighted by Gasteiger charge is -2.36. The van der Waals surface area contributed by atoms with Crippen molar-refractivity contribution >= 4 is 30.6 Å². The van der Waals surface area contributed by atoms with E-state index in [1.54, 1.807) is 0 Å². The lowest BCUT2D eigenvalue weighted by atomic mass is 10.1. The Morgan fingerprint density at radius 1 is 0.893 bits per heavy atom. The summed E-state index contributed by atoms with van der Waals surface area (Å²) in [6, 6.07) is 16.3. The Morgan fingerprint density at radius 3 is 2.11 bits per heavy atom. The number of nitrogens with zero attached hydrogens (tertiary/aromatic N) is 2. The molecule has 0 aliphatic carbocycles. The smallest absolute Gasteiger partial charge is 0.128 e. The molecule has 4 nitrogen and oxygen atoms in total. The van der Waals surface area contributed by atoms with Crippen LogP contribution >= 0.6 is 24.8 Å².